The van der Waals surface area contributed by atoms with Crippen molar-refractivity contribution in [2.45, 2.75) is 23.7 Å². The Morgan fingerprint density at radius 1 is 1.14 bits per heavy atom. The molecule has 0 bridgehead atoms. The number of thioether (sulfide) groups is 1. The fourth-order valence-electron chi connectivity index (χ4n) is 2.14. The van der Waals surface area contributed by atoms with Crippen molar-refractivity contribution < 1.29 is 24.6 Å². The van der Waals surface area contributed by atoms with Crippen LogP contribution in [0.1, 0.15) is 0 Å². The first-order chi connectivity index (χ1) is 10.2. The molecule has 6 nitrogen and oxygen atoms in total. The highest BCUT2D eigenvalue weighted by Crippen LogP contribution is 2.34. The summed E-state index contributed by atoms with van der Waals surface area (Å²) in [5.74, 6) is 1.38. The van der Waals surface area contributed by atoms with Crippen molar-refractivity contribution >= 4 is 11.8 Å². The zero-order valence-corrected chi connectivity index (χ0v) is 11.8. The molecule has 1 aromatic carbocycles. The smallest absolute Gasteiger partial charge is 0.173 e. The van der Waals surface area contributed by atoms with Crippen LogP contribution in [0.5, 0.6) is 5.75 Å². The fraction of sp³-hybridized carbons (Fsp3) is 0.357. The summed E-state index contributed by atoms with van der Waals surface area (Å²) in [7, 11) is 0. The van der Waals surface area contributed by atoms with Gasteiger partial charge in [-0.1, -0.05) is 17.3 Å². The number of aromatic nitrogens is 1. The SMILES string of the molecule is O[C@@H]1[C@@H](O)[C@@H](Oc2ccccc2-c2ccno2)SC[C@H]1O. The van der Waals surface area contributed by atoms with E-state index in [-0.39, 0.29) is 0 Å². The Hall–Kier alpha value is -1.54. The molecule has 0 amide bonds. The minimum atomic E-state index is -1.21. The van der Waals surface area contributed by atoms with E-state index in [1.165, 1.54) is 18.0 Å². The Balaban J connectivity index is 1.83. The molecule has 112 valence electrons. The molecule has 21 heavy (non-hydrogen) atoms. The average Bonchev–Trinajstić information content (AvgIpc) is 3.02. The third kappa shape index (κ3) is 2.91. The van der Waals surface area contributed by atoms with Crippen molar-refractivity contribution in [1.29, 1.82) is 0 Å². The van der Waals surface area contributed by atoms with Crippen LogP contribution in [-0.4, -0.2) is 50.0 Å². The molecule has 0 saturated carbocycles. The maximum atomic E-state index is 10.00. The second-order valence-corrected chi connectivity index (χ2v) is 5.87. The highest BCUT2D eigenvalue weighted by molar-refractivity contribution is 7.99. The van der Waals surface area contributed by atoms with Crippen LogP contribution in [0, 0.1) is 0 Å². The van der Waals surface area contributed by atoms with Crippen LogP contribution in [-0.2, 0) is 0 Å². The molecule has 2 aromatic rings. The maximum Gasteiger partial charge on any atom is 0.173 e. The Morgan fingerprint density at radius 3 is 2.71 bits per heavy atom. The number of hydrogen-bond acceptors (Lipinski definition) is 7. The van der Waals surface area contributed by atoms with Crippen LogP contribution in [0.4, 0.5) is 0 Å². The van der Waals surface area contributed by atoms with Crippen LogP contribution in [0.25, 0.3) is 11.3 Å². The van der Waals surface area contributed by atoms with Crippen LogP contribution in [0.15, 0.2) is 41.1 Å². The normalized spacial score (nSPS) is 29.3. The molecule has 0 aliphatic carbocycles. The van der Waals surface area contributed by atoms with Gasteiger partial charge < -0.3 is 24.6 Å². The molecule has 1 saturated heterocycles. The topological polar surface area (TPSA) is 96.0 Å². The van der Waals surface area contributed by atoms with Gasteiger partial charge in [-0.3, -0.25) is 0 Å². The quantitative estimate of drug-likeness (QED) is 0.774. The van der Waals surface area contributed by atoms with Crippen molar-refractivity contribution in [3.05, 3.63) is 36.5 Å². The summed E-state index contributed by atoms with van der Waals surface area (Å²) >= 11 is 1.26. The molecule has 4 atom stereocenters. The molecule has 0 spiro atoms. The molecule has 0 radical (unpaired) electrons. The van der Waals surface area contributed by atoms with Crippen LogP contribution in [0.3, 0.4) is 0 Å². The van der Waals surface area contributed by atoms with Crippen molar-refractivity contribution in [2.24, 2.45) is 0 Å². The highest BCUT2D eigenvalue weighted by atomic mass is 32.2. The lowest BCUT2D eigenvalue weighted by Gasteiger charge is -2.34. The fourth-order valence-corrected chi connectivity index (χ4v) is 3.25. The van der Waals surface area contributed by atoms with E-state index in [4.69, 9.17) is 9.26 Å². The van der Waals surface area contributed by atoms with Crippen molar-refractivity contribution in [3.63, 3.8) is 0 Å². The van der Waals surface area contributed by atoms with Crippen LogP contribution >= 0.6 is 11.8 Å². The first kappa shape index (κ1) is 14.4. The van der Waals surface area contributed by atoms with Gasteiger partial charge in [-0.25, -0.2) is 0 Å². The van der Waals surface area contributed by atoms with E-state index in [0.717, 1.165) is 0 Å². The van der Waals surface area contributed by atoms with E-state index in [1.807, 2.05) is 12.1 Å². The van der Waals surface area contributed by atoms with E-state index >= 15 is 0 Å². The molecule has 2 heterocycles. The number of rotatable bonds is 3. The summed E-state index contributed by atoms with van der Waals surface area (Å²) in [5, 5.41) is 32.9. The predicted octanol–water partition coefficient (Wildman–Crippen LogP) is 0.876. The van der Waals surface area contributed by atoms with Gasteiger partial charge in [0.15, 0.2) is 11.2 Å². The van der Waals surface area contributed by atoms with Gasteiger partial charge in [-0.2, -0.15) is 0 Å². The lowest BCUT2D eigenvalue weighted by atomic mass is 10.1. The number of aliphatic hydroxyl groups is 3. The summed E-state index contributed by atoms with van der Waals surface area (Å²) in [4.78, 5) is 0. The standard InChI is InChI=1S/C14H15NO5S/c16-9-7-21-14(13(18)12(9)17)19-10-4-2-1-3-8(10)11-5-6-15-20-11/h1-6,9,12-14,16-18H,7H2/t9-,12+,13-,14+/m1/s1. The molecule has 0 unspecified atom stereocenters. The van der Waals surface area contributed by atoms with Crippen molar-refractivity contribution in [1.82, 2.24) is 5.16 Å². The van der Waals surface area contributed by atoms with Crippen LogP contribution < -0.4 is 4.74 Å². The molecule has 1 aromatic heterocycles. The number of aliphatic hydroxyl groups excluding tert-OH is 3. The summed E-state index contributed by atoms with van der Waals surface area (Å²) in [6.07, 6.45) is -1.79. The summed E-state index contributed by atoms with van der Waals surface area (Å²) < 4.78 is 10.9. The first-order valence-corrected chi connectivity index (χ1v) is 7.54. The third-order valence-corrected chi connectivity index (χ3v) is 4.53. The Kier molecular flexibility index (Phi) is 4.16. The van der Waals surface area contributed by atoms with E-state index in [9.17, 15) is 15.3 Å². The number of benzene rings is 1. The van der Waals surface area contributed by atoms with Crippen LogP contribution in [0.2, 0.25) is 0 Å². The van der Waals surface area contributed by atoms with Gasteiger partial charge in [-0.15, -0.1) is 11.8 Å². The van der Waals surface area contributed by atoms with E-state index in [1.54, 1.807) is 18.2 Å². The predicted molar refractivity (Wildman–Crippen MR) is 76.8 cm³/mol. The van der Waals surface area contributed by atoms with E-state index < -0.39 is 23.7 Å². The molecule has 1 aliphatic rings. The summed E-state index contributed by atoms with van der Waals surface area (Å²) in [6.45, 7) is 0. The van der Waals surface area contributed by atoms with Gasteiger partial charge in [0.05, 0.1) is 17.9 Å². The minimum Gasteiger partial charge on any atom is -0.476 e. The Morgan fingerprint density at radius 2 is 1.95 bits per heavy atom. The molecule has 1 aliphatic heterocycles. The largest absolute Gasteiger partial charge is 0.476 e. The minimum absolute atomic E-state index is 0.299. The van der Waals surface area contributed by atoms with Gasteiger partial charge in [0.1, 0.15) is 18.0 Å². The zero-order valence-electron chi connectivity index (χ0n) is 11.0. The summed E-state index contributed by atoms with van der Waals surface area (Å²) in [6, 6.07) is 8.93. The second-order valence-electron chi connectivity index (χ2n) is 4.74. The molecule has 3 rings (SSSR count). The van der Waals surface area contributed by atoms with E-state index in [0.29, 0.717) is 22.8 Å². The average molecular weight is 309 g/mol. The first-order valence-electron chi connectivity index (χ1n) is 6.49. The van der Waals surface area contributed by atoms with Gasteiger partial charge >= 0.3 is 0 Å². The number of ether oxygens (including phenoxy) is 1. The van der Waals surface area contributed by atoms with Crippen molar-refractivity contribution in [2.75, 3.05) is 5.75 Å². The number of nitrogens with zero attached hydrogens (tertiary/aromatic N) is 1. The second kappa shape index (κ2) is 6.07. The lowest BCUT2D eigenvalue weighted by molar-refractivity contribution is -0.0785. The monoisotopic (exact) mass is 309 g/mol. The number of para-hydroxylation sites is 1. The number of hydrogen-bond donors (Lipinski definition) is 3. The molecule has 1 fully saturated rings. The van der Waals surface area contributed by atoms with Gasteiger partial charge in [0, 0.05) is 11.8 Å². The van der Waals surface area contributed by atoms with E-state index in [2.05, 4.69) is 5.16 Å². The molecular formula is C14H15NO5S. The zero-order chi connectivity index (χ0) is 14.8. The Labute approximate surface area is 125 Å². The maximum absolute atomic E-state index is 10.00. The van der Waals surface area contributed by atoms with Gasteiger partial charge in [-0.05, 0) is 12.1 Å². The van der Waals surface area contributed by atoms with Crippen molar-refractivity contribution in [3.8, 4) is 17.1 Å². The highest BCUT2D eigenvalue weighted by Gasteiger charge is 2.38. The Bertz CT molecular complexity index is 591. The molecule has 3 N–H and O–H groups in total. The van der Waals surface area contributed by atoms with Gasteiger partial charge in [0.2, 0.25) is 0 Å². The molecular weight excluding hydrogens is 294 g/mol. The van der Waals surface area contributed by atoms with Gasteiger partial charge in [0.25, 0.3) is 0 Å². The summed E-state index contributed by atoms with van der Waals surface area (Å²) in [5.41, 5.74) is 0.0517. The lowest BCUT2D eigenvalue weighted by Crippen LogP contribution is -2.50. The third-order valence-electron chi connectivity index (χ3n) is 3.29. The molecule has 7 heteroatoms.